The van der Waals surface area contributed by atoms with E-state index < -0.39 is 4.32 Å². The molecule has 5 rings (SSSR count). The summed E-state index contributed by atoms with van der Waals surface area (Å²) in [5.41, 5.74) is 2.44. The fourth-order valence-corrected chi connectivity index (χ4v) is 5.79. The smallest absolute Gasteiger partial charge is 0.243 e. The van der Waals surface area contributed by atoms with Crippen molar-refractivity contribution in [2.45, 2.75) is 29.6 Å². The lowest BCUT2D eigenvalue weighted by Gasteiger charge is -2.30. The van der Waals surface area contributed by atoms with Crippen LogP contribution in [0.1, 0.15) is 30.1 Å². The van der Waals surface area contributed by atoms with E-state index in [9.17, 15) is 4.79 Å². The van der Waals surface area contributed by atoms with E-state index in [-0.39, 0.29) is 30.1 Å². The normalized spacial score (nSPS) is 33.9. The Morgan fingerprint density at radius 3 is 2.48 bits per heavy atom. The van der Waals surface area contributed by atoms with Gasteiger partial charge in [0.25, 0.3) is 0 Å². The molecule has 3 saturated heterocycles. The number of benzene rings is 2. The second-order valence-electron chi connectivity index (χ2n) is 7.85. The van der Waals surface area contributed by atoms with Gasteiger partial charge in [-0.2, -0.15) is 0 Å². The average Bonchev–Trinajstić information content (AvgIpc) is 3.34. The molecule has 2 aromatic rings. The van der Waals surface area contributed by atoms with Crippen LogP contribution in [0.15, 0.2) is 60.7 Å². The van der Waals surface area contributed by atoms with Gasteiger partial charge in [0.05, 0.1) is 12.6 Å². The van der Waals surface area contributed by atoms with Gasteiger partial charge in [0.1, 0.15) is 10.6 Å². The number of fused-ring (bicyclic) bond motifs is 3. The lowest BCUT2D eigenvalue weighted by Crippen LogP contribution is -2.42. The van der Waals surface area contributed by atoms with Crippen molar-refractivity contribution < 1.29 is 9.53 Å². The van der Waals surface area contributed by atoms with Crippen molar-refractivity contribution in [1.29, 1.82) is 0 Å². The van der Waals surface area contributed by atoms with Gasteiger partial charge >= 0.3 is 0 Å². The molecule has 0 saturated carbocycles. The van der Waals surface area contributed by atoms with E-state index in [2.05, 4.69) is 64.2 Å². The van der Waals surface area contributed by atoms with Crippen molar-refractivity contribution >= 4 is 21.8 Å². The molecular weight excluding hydrogens is 404 g/mol. The van der Waals surface area contributed by atoms with E-state index in [0.717, 1.165) is 12.1 Å². The third-order valence-electron chi connectivity index (χ3n) is 6.44. The summed E-state index contributed by atoms with van der Waals surface area (Å²) in [4.78, 5) is 17.8. The monoisotopic (exact) mass is 426 g/mol. The summed E-state index contributed by atoms with van der Waals surface area (Å²) in [7, 11) is 0. The Balaban J connectivity index is 1.40. The number of nitrogens with zero attached hydrogens (tertiary/aromatic N) is 2. The van der Waals surface area contributed by atoms with E-state index in [1.54, 1.807) is 0 Å². The van der Waals surface area contributed by atoms with Gasteiger partial charge in [0, 0.05) is 25.0 Å². The number of carbonyl (C=O) groups is 1. The highest BCUT2D eigenvalue weighted by Crippen LogP contribution is 2.53. The Labute approximate surface area is 168 Å². The van der Waals surface area contributed by atoms with Crippen LogP contribution in [0.25, 0.3) is 0 Å². The maximum Gasteiger partial charge on any atom is 0.243 e. The highest BCUT2D eigenvalue weighted by molar-refractivity contribution is 9.10. The molecule has 2 aromatic carbocycles. The average molecular weight is 427 g/mol. The molecule has 5 heteroatoms. The molecule has 3 heterocycles. The molecule has 0 aromatic heterocycles. The zero-order valence-electron chi connectivity index (χ0n) is 15.3. The number of amides is 1. The molecule has 3 aliphatic heterocycles. The molecule has 0 bridgehead atoms. The fourth-order valence-electron chi connectivity index (χ4n) is 4.90. The predicted octanol–water partition coefficient (Wildman–Crippen LogP) is 3.75. The van der Waals surface area contributed by atoms with Gasteiger partial charge in [-0.25, -0.2) is 0 Å². The summed E-state index contributed by atoms with van der Waals surface area (Å²) >= 11 is 3.86. The van der Waals surface area contributed by atoms with Gasteiger partial charge in [-0.3, -0.25) is 9.69 Å². The molecule has 5 atom stereocenters. The molecule has 0 spiro atoms. The highest BCUT2D eigenvalue weighted by Gasteiger charge is 2.66. The van der Waals surface area contributed by atoms with Gasteiger partial charge in [-0.15, -0.1) is 0 Å². The van der Waals surface area contributed by atoms with E-state index in [0.29, 0.717) is 13.2 Å². The largest absolute Gasteiger partial charge is 0.355 e. The van der Waals surface area contributed by atoms with E-state index in [1.807, 2.05) is 29.2 Å². The molecule has 3 aliphatic rings. The number of alkyl halides is 1. The summed E-state index contributed by atoms with van der Waals surface area (Å²) in [6, 6.07) is 21.0. The SMILES string of the molecule is C[C@H](c1ccccc1)N1C[C@@H]2[C@H]3OC[C@H](c4ccccc4)N3C(=O)[C@]2(Br)C1. The Hall–Kier alpha value is -1.69. The molecule has 0 radical (unpaired) electrons. The maximum atomic E-state index is 13.5. The number of carbonyl (C=O) groups excluding carboxylic acids is 1. The minimum Gasteiger partial charge on any atom is -0.355 e. The molecule has 0 N–H and O–H groups in total. The van der Waals surface area contributed by atoms with Gasteiger partial charge in [0.15, 0.2) is 0 Å². The first kappa shape index (κ1) is 17.4. The third-order valence-corrected chi connectivity index (χ3v) is 7.61. The fraction of sp³-hybridized carbons (Fsp3) is 0.409. The first-order valence-corrected chi connectivity index (χ1v) is 10.4. The maximum absolute atomic E-state index is 13.5. The summed E-state index contributed by atoms with van der Waals surface area (Å²) < 4.78 is 5.63. The van der Waals surface area contributed by atoms with Crippen LogP contribution in [0.3, 0.4) is 0 Å². The molecule has 27 heavy (non-hydrogen) atoms. The topological polar surface area (TPSA) is 32.8 Å². The Kier molecular flexibility index (Phi) is 4.15. The van der Waals surface area contributed by atoms with Crippen molar-refractivity contribution in [2.24, 2.45) is 5.92 Å². The molecular formula is C22H23BrN2O2. The second kappa shape index (κ2) is 6.43. The Morgan fingerprint density at radius 1 is 1.11 bits per heavy atom. The Morgan fingerprint density at radius 2 is 1.78 bits per heavy atom. The van der Waals surface area contributed by atoms with Crippen molar-refractivity contribution in [3.63, 3.8) is 0 Å². The number of likely N-dealkylation sites (tertiary alicyclic amines) is 1. The van der Waals surface area contributed by atoms with Crippen LogP contribution in [0.2, 0.25) is 0 Å². The van der Waals surface area contributed by atoms with Crippen LogP contribution < -0.4 is 0 Å². The van der Waals surface area contributed by atoms with Crippen LogP contribution in [0, 0.1) is 5.92 Å². The van der Waals surface area contributed by atoms with Crippen LogP contribution in [-0.4, -0.2) is 46.0 Å². The number of hydrogen-bond acceptors (Lipinski definition) is 3. The molecule has 140 valence electrons. The van der Waals surface area contributed by atoms with Crippen molar-refractivity contribution in [1.82, 2.24) is 9.80 Å². The van der Waals surface area contributed by atoms with Crippen LogP contribution in [-0.2, 0) is 9.53 Å². The number of hydrogen-bond donors (Lipinski definition) is 0. The lowest BCUT2D eigenvalue weighted by molar-refractivity contribution is -0.133. The number of rotatable bonds is 3. The summed E-state index contributed by atoms with van der Waals surface area (Å²) in [6.07, 6.45) is -0.143. The van der Waals surface area contributed by atoms with Gasteiger partial charge < -0.3 is 9.64 Å². The van der Waals surface area contributed by atoms with Gasteiger partial charge in [0.2, 0.25) is 5.91 Å². The predicted molar refractivity (Wildman–Crippen MR) is 107 cm³/mol. The van der Waals surface area contributed by atoms with Crippen molar-refractivity contribution in [3.05, 3.63) is 71.8 Å². The molecule has 0 aliphatic carbocycles. The number of halogens is 1. The van der Waals surface area contributed by atoms with Crippen molar-refractivity contribution in [2.75, 3.05) is 19.7 Å². The minimum atomic E-state index is -0.547. The first-order chi connectivity index (χ1) is 13.1. The van der Waals surface area contributed by atoms with Gasteiger partial charge in [-0.1, -0.05) is 76.6 Å². The second-order valence-corrected chi connectivity index (χ2v) is 9.26. The third kappa shape index (κ3) is 2.59. The quantitative estimate of drug-likeness (QED) is 0.700. The summed E-state index contributed by atoms with van der Waals surface area (Å²) in [5.74, 6) is 0.316. The highest BCUT2D eigenvalue weighted by atomic mass is 79.9. The van der Waals surface area contributed by atoms with Crippen LogP contribution >= 0.6 is 15.9 Å². The zero-order valence-corrected chi connectivity index (χ0v) is 16.9. The zero-order chi connectivity index (χ0) is 18.6. The first-order valence-electron chi connectivity index (χ1n) is 9.57. The summed E-state index contributed by atoms with van der Waals surface area (Å²) in [5, 5.41) is 0. The van der Waals surface area contributed by atoms with Gasteiger partial charge in [-0.05, 0) is 18.1 Å². The number of ether oxygens (including phenoxy) is 1. The molecule has 0 unspecified atom stereocenters. The summed E-state index contributed by atoms with van der Waals surface area (Å²) in [6.45, 7) is 4.37. The van der Waals surface area contributed by atoms with Crippen LogP contribution in [0.4, 0.5) is 0 Å². The lowest BCUT2D eigenvalue weighted by atomic mass is 9.98. The van der Waals surface area contributed by atoms with Crippen molar-refractivity contribution in [3.8, 4) is 0 Å². The minimum absolute atomic E-state index is 0.0173. The van der Waals surface area contributed by atoms with Crippen LogP contribution in [0.5, 0.6) is 0 Å². The molecule has 1 amide bonds. The van der Waals surface area contributed by atoms with E-state index in [1.165, 1.54) is 5.56 Å². The Bertz CT molecular complexity index is 846. The standard InChI is InChI=1S/C22H23BrN2O2/c1-15(16-8-4-2-5-9-16)24-12-18-20-25(21(26)22(18,23)14-24)19(13-27-20)17-10-6-3-7-11-17/h2-11,15,18-20H,12-14H2,1H3/t15-,18-,19-,20-,22+/m1/s1. The molecule has 4 nitrogen and oxygen atoms in total. The molecule has 3 fully saturated rings. The van der Waals surface area contributed by atoms with E-state index >= 15 is 0 Å². The van der Waals surface area contributed by atoms with E-state index in [4.69, 9.17) is 4.74 Å².